The third-order valence-electron chi connectivity index (χ3n) is 3.09. The van der Waals surface area contributed by atoms with Crippen molar-refractivity contribution in [2.45, 2.75) is 0 Å². The number of anilines is 1. The summed E-state index contributed by atoms with van der Waals surface area (Å²) in [5.41, 5.74) is 5.59. The van der Waals surface area contributed by atoms with Crippen LogP contribution in [-0.4, -0.2) is 23.8 Å². The number of amides is 2. The van der Waals surface area contributed by atoms with Gasteiger partial charge in [0.2, 0.25) is 0 Å². The van der Waals surface area contributed by atoms with E-state index in [1.807, 2.05) is 0 Å². The van der Waals surface area contributed by atoms with Crippen LogP contribution in [0.4, 0.5) is 11.4 Å². The summed E-state index contributed by atoms with van der Waals surface area (Å²) < 4.78 is 5.11. The number of benzene rings is 2. The van der Waals surface area contributed by atoms with E-state index in [0.717, 1.165) is 0 Å². The summed E-state index contributed by atoms with van der Waals surface area (Å²) in [5.74, 6) is -0.994. The first-order valence-electron chi connectivity index (χ1n) is 6.46. The maximum atomic E-state index is 12.2. The van der Waals surface area contributed by atoms with Gasteiger partial charge in [0.25, 0.3) is 17.5 Å². The van der Waals surface area contributed by atoms with E-state index in [1.165, 1.54) is 37.4 Å². The topological polar surface area (TPSA) is 125 Å². The van der Waals surface area contributed by atoms with Crippen LogP contribution in [0.3, 0.4) is 0 Å². The molecule has 0 spiro atoms. The highest BCUT2D eigenvalue weighted by Crippen LogP contribution is 2.28. The zero-order valence-corrected chi connectivity index (χ0v) is 12.1. The quantitative estimate of drug-likeness (QED) is 0.644. The molecule has 23 heavy (non-hydrogen) atoms. The van der Waals surface area contributed by atoms with E-state index in [4.69, 9.17) is 10.5 Å². The molecule has 0 heterocycles. The Hall–Kier alpha value is -3.42. The number of nitrogens with one attached hydrogen (secondary N) is 1. The van der Waals surface area contributed by atoms with Crippen LogP contribution in [0.5, 0.6) is 5.75 Å². The second-order valence-electron chi connectivity index (χ2n) is 4.51. The van der Waals surface area contributed by atoms with Gasteiger partial charge in [-0.25, -0.2) is 0 Å². The lowest BCUT2D eigenvalue weighted by molar-refractivity contribution is -0.384. The van der Waals surface area contributed by atoms with Gasteiger partial charge in [0.15, 0.2) is 0 Å². The Balaban J connectivity index is 2.33. The maximum absolute atomic E-state index is 12.2. The molecule has 8 heteroatoms. The Morgan fingerprint density at radius 1 is 1.17 bits per heavy atom. The fraction of sp³-hybridized carbons (Fsp3) is 0.0667. The molecule has 0 aromatic heterocycles. The molecule has 0 atom stereocenters. The van der Waals surface area contributed by atoms with E-state index < -0.39 is 16.7 Å². The van der Waals surface area contributed by atoms with Crippen LogP contribution < -0.4 is 15.8 Å². The van der Waals surface area contributed by atoms with Crippen LogP contribution in [0, 0.1) is 10.1 Å². The molecule has 118 valence electrons. The number of nitrogens with zero attached hydrogens (tertiary/aromatic N) is 1. The molecule has 0 saturated heterocycles. The van der Waals surface area contributed by atoms with Crippen LogP contribution in [0.15, 0.2) is 42.5 Å². The number of primary amides is 1. The lowest BCUT2D eigenvalue weighted by Gasteiger charge is -2.13. The van der Waals surface area contributed by atoms with Crippen LogP contribution in [-0.2, 0) is 0 Å². The molecule has 2 amide bonds. The van der Waals surface area contributed by atoms with Crippen LogP contribution in [0.1, 0.15) is 20.7 Å². The third-order valence-corrected chi connectivity index (χ3v) is 3.09. The highest BCUT2D eigenvalue weighted by Gasteiger charge is 2.17. The number of rotatable bonds is 5. The monoisotopic (exact) mass is 315 g/mol. The summed E-state index contributed by atoms with van der Waals surface area (Å²) in [4.78, 5) is 33.8. The molecule has 8 nitrogen and oxygen atoms in total. The Bertz CT molecular complexity index is 771. The summed E-state index contributed by atoms with van der Waals surface area (Å²) in [5, 5.41) is 13.2. The molecule has 2 rings (SSSR count). The minimum atomic E-state index is -0.720. The number of carbonyl (C=O) groups excluding carboxylic acids is 2. The number of nitro groups is 1. The van der Waals surface area contributed by atoms with E-state index in [0.29, 0.717) is 0 Å². The number of nitro benzene ring substituents is 1. The molecule has 0 unspecified atom stereocenters. The fourth-order valence-corrected chi connectivity index (χ4v) is 1.96. The number of methoxy groups -OCH3 is 1. The predicted octanol–water partition coefficient (Wildman–Crippen LogP) is 1.95. The summed E-state index contributed by atoms with van der Waals surface area (Å²) in [6.07, 6.45) is 0. The van der Waals surface area contributed by atoms with Crippen LogP contribution >= 0.6 is 0 Å². The number of non-ortho nitro benzene ring substituents is 1. The molecule has 0 aliphatic carbocycles. The molecule has 3 N–H and O–H groups in total. The summed E-state index contributed by atoms with van der Waals surface area (Å²) in [6.45, 7) is 0. The Morgan fingerprint density at radius 2 is 1.83 bits per heavy atom. The van der Waals surface area contributed by atoms with Gasteiger partial charge in [-0.05, 0) is 24.3 Å². The van der Waals surface area contributed by atoms with E-state index in [2.05, 4.69) is 5.32 Å². The Morgan fingerprint density at radius 3 is 2.35 bits per heavy atom. The number of hydrogen-bond acceptors (Lipinski definition) is 5. The highest BCUT2D eigenvalue weighted by molar-refractivity contribution is 6.10. The molecular weight excluding hydrogens is 302 g/mol. The number of hydrogen-bond donors (Lipinski definition) is 2. The van der Waals surface area contributed by atoms with Crippen LogP contribution in [0.2, 0.25) is 0 Å². The van der Waals surface area contributed by atoms with Crippen LogP contribution in [0.25, 0.3) is 0 Å². The number of para-hydroxylation sites is 1. The summed E-state index contributed by atoms with van der Waals surface area (Å²) in [6, 6.07) is 9.65. The molecular formula is C15H13N3O5. The van der Waals surface area contributed by atoms with E-state index in [-0.39, 0.29) is 28.3 Å². The number of ether oxygens (including phenoxy) is 1. The van der Waals surface area contributed by atoms with Gasteiger partial charge in [0.05, 0.1) is 23.3 Å². The van der Waals surface area contributed by atoms with Gasteiger partial charge < -0.3 is 15.8 Å². The zero-order valence-electron chi connectivity index (χ0n) is 12.1. The van der Waals surface area contributed by atoms with Crippen molar-refractivity contribution in [3.63, 3.8) is 0 Å². The van der Waals surface area contributed by atoms with Crippen molar-refractivity contribution in [1.82, 2.24) is 0 Å². The molecule has 0 aliphatic heterocycles. The second-order valence-corrected chi connectivity index (χ2v) is 4.51. The number of nitrogens with two attached hydrogens (primary N) is 1. The first-order chi connectivity index (χ1) is 10.9. The minimum Gasteiger partial charge on any atom is -0.495 e. The van der Waals surface area contributed by atoms with Gasteiger partial charge in [0, 0.05) is 17.7 Å². The van der Waals surface area contributed by atoms with Crippen molar-refractivity contribution in [3.05, 3.63) is 63.7 Å². The van der Waals surface area contributed by atoms with Crippen molar-refractivity contribution < 1.29 is 19.2 Å². The number of carbonyl (C=O) groups is 2. The zero-order chi connectivity index (χ0) is 17.0. The molecule has 0 radical (unpaired) electrons. The largest absolute Gasteiger partial charge is 0.495 e. The van der Waals surface area contributed by atoms with Gasteiger partial charge >= 0.3 is 0 Å². The first-order valence-corrected chi connectivity index (χ1v) is 6.46. The molecule has 0 fully saturated rings. The minimum absolute atomic E-state index is 0.0969. The maximum Gasteiger partial charge on any atom is 0.269 e. The average molecular weight is 315 g/mol. The van der Waals surface area contributed by atoms with Crippen molar-refractivity contribution in [2.24, 2.45) is 5.73 Å². The van der Waals surface area contributed by atoms with Crippen molar-refractivity contribution in [3.8, 4) is 5.75 Å². The summed E-state index contributed by atoms with van der Waals surface area (Å²) in [7, 11) is 1.39. The molecule has 2 aromatic rings. The van der Waals surface area contributed by atoms with Gasteiger partial charge in [-0.3, -0.25) is 19.7 Å². The Labute approximate surface area is 131 Å². The molecule has 2 aromatic carbocycles. The molecule has 0 saturated carbocycles. The van der Waals surface area contributed by atoms with Gasteiger partial charge in [-0.2, -0.15) is 0 Å². The standard InChI is InChI=1S/C15H13N3O5/c1-23-12-4-2-3-11(14(16)19)13(12)17-15(20)9-5-7-10(8-6-9)18(21)22/h2-8H,1H3,(H2,16,19)(H,17,20). The van der Waals surface area contributed by atoms with Crippen molar-refractivity contribution in [2.75, 3.05) is 12.4 Å². The van der Waals surface area contributed by atoms with E-state index >= 15 is 0 Å². The first kappa shape index (κ1) is 16.0. The lowest BCUT2D eigenvalue weighted by atomic mass is 10.1. The molecule has 0 bridgehead atoms. The van der Waals surface area contributed by atoms with E-state index in [1.54, 1.807) is 12.1 Å². The predicted molar refractivity (Wildman–Crippen MR) is 82.6 cm³/mol. The smallest absolute Gasteiger partial charge is 0.269 e. The van der Waals surface area contributed by atoms with Crippen molar-refractivity contribution in [1.29, 1.82) is 0 Å². The van der Waals surface area contributed by atoms with Gasteiger partial charge in [-0.1, -0.05) is 6.07 Å². The Kier molecular flexibility index (Phi) is 4.55. The van der Waals surface area contributed by atoms with E-state index in [9.17, 15) is 19.7 Å². The normalized spacial score (nSPS) is 9.96. The van der Waals surface area contributed by atoms with Gasteiger partial charge in [0.1, 0.15) is 5.75 Å². The SMILES string of the molecule is COc1cccc(C(N)=O)c1NC(=O)c1ccc([N+](=O)[O-])cc1. The average Bonchev–Trinajstić information content (AvgIpc) is 2.54. The summed E-state index contributed by atoms with van der Waals surface area (Å²) >= 11 is 0. The molecule has 0 aliphatic rings. The second kappa shape index (κ2) is 6.56. The highest BCUT2D eigenvalue weighted by atomic mass is 16.6. The fourth-order valence-electron chi connectivity index (χ4n) is 1.96. The van der Waals surface area contributed by atoms with Gasteiger partial charge in [-0.15, -0.1) is 0 Å². The third kappa shape index (κ3) is 3.43. The van der Waals surface area contributed by atoms with Crippen molar-refractivity contribution >= 4 is 23.2 Å². The lowest BCUT2D eigenvalue weighted by Crippen LogP contribution is -2.19.